The van der Waals surface area contributed by atoms with Crippen LogP contribution in [-0.2, 0) is 16.6 Å². The molecule has 2 N–H and O–H groups in total. The first-order chi connectivity index (χ1) is 13.0. The number of nitrogens with zero attached hydrogens (tertiary/aromatic N) is 2. The molecule has 2 rings (SSSR count). The molecule has 2 aromatic rings. The van der Waals surface area contributed by atoms with Crippen molar-refractivity contribution < 1.29 is 13.9 Å². The quantitative estimate of drug-likeness (QED) is 0.795. The summed E-state index contributed by atoms with van der Waals surface area (Å²) in [5.41, 5.74) is 6.00. The number of ether oxygens (including phenoxy) is 1. The van der Waals surface area contributed by atoms with E-state index in [0.717, 1.165) is 5.56 Å². The van der Waals surface area contributed by atoms with Crippen molar-refractivity contribution in [2.45, 2.75) is 52.1 Å². The molecule has 6 heteroatoms. The predicted octanol–water partition coefficient (Wildman–Crippen LogP) is 4.44. The van der Waals surface area contributed by atoms with Gasteiger partial charge in [0, 0.05) is 18.2 Å². The third-order valence-corrected chi connectivity index (χ3v) is 4.33. The summed E-state index contributed by atoms with van der Waals surface area (Å²) < 4.78 is 19.6. The molecule has 1 amide bonds. The molecular weight excluding hydrogens is 357 g/mol. The molecule has 1 aromatic heterocycles. The number of halogens is 1. The Balaban J connectivity index is 2.36. The van der Waals surface area contributed by atoms with Gasteiger partial charge in [0.15, 0.2) is 0 Å². The number of amides is 1. The molecule has 0 aliphatic heterocycles. The van der Waals surface area contributed by atoms with Gasteiger partial charge in [0.2, 0.25) is 0 Å². The van der Waals surface area contributed by atoms with E-state index in [4.69, 9.17) is 10.5 Å². The van der Waals surface area contributed by atoms with Gasteiger partial charge in [-0.2, -0.15) is 0 Å². The maximum Gasteiger partial charge on any atom is 0.416 e. The number of hydrogen-bond acceptors (Lipinski definition) is 4. The molecular formula is C22H30FN3O2. The minimum atomic E-state index is -0.627. The summed E-state index contributed by atoms with van der Waals surface area (Å²) in [5, 5.41) is 0. The molecule has 1 aromatic carbocycles. The summed E-state index contributed by atoms with van der Waals surface area (Å²) in [6.07, 6.45) is 1.63. The Morgan fingerprint density at radius 3 is 2.46 bits per heavy atom. The normalized spacial score (nSPS) is 12.0. The number of carbonyl (C=O) groups excluding carboxylic acids is 1. The summed E-state index contributed by atoms with van der Waals surface area (Å²) in [5.74, 6) is 0.243. The van der Waals surface area contributed by atoms with E-state index in [1.165, 1.54) is 11.0 Å². The van der Waals surface area contributed by atoms with E-state index in [-0.39, 0.29) is 5.82 Å². The van der Waals surface area contributed by atoms with Crippen LogP contribution in [-0.4, -0.2) is 29.8 Å². The van der Waals surface area contributed by atoms with Crippen molar-refractivity contribution in [3.63, 3.8) is 0 Å². The number of benzene rings is 1. The molecule has 1 heterocycles. The van der Waals surface area contributed by atoms with Crippen LogP contribution in [0.2, 0.25) is 0 Å². The lowest BCUT2D eigenvalue weighted by atomic mass is 9.83. The molecule has 0 bridgehead atoms. The maximum absolute atomic E-state index is 14.0. The summed E-state index contributed by atoms with van der Waals surface area (Å²) in [7, 11) is 0. The standard InChI is InChI=1S/C22H30FN3O2/c1-21(2,3)28-20(27)26(19-8-6-7-13-25-19)15-22(4,5)17-9-10-18(23)16(14-17)11-12-24/h6-10,13-14H,11-12,15,24H2,1-5H3. The van der Waals surface area contributed by atoms with E-state index in [1.807, 2.05) is 46.8 Å². The average Bonchev–Trinajstić information content (AvgIpc) is 2.61. The molecule has 152 valence electrons. The van der Waals surface area contributed by atoms with Gasteiger partial charge in [0.1, 0.15) is 17.2 Å². The molecule has 0 saturated heterocycles. The lowest BCUT2D eigenvalue weighted by Crippen LogP contribution is -2.44. The molecule has 0 atom stereocenters. The Labute approximate surface area is 166 Å². The van der Waals surface area contributed by atoms with Gasteiger partial charge in [-0.25, -0.2) is 14.2 Å². The molecule has 0 saturated carbocycles. The third kappa shape index (κ3) is 5.76. The molecule has 0 fully saturated rings. The largest absolute Gasteiger partial charge is 0.443 e. The Morgan fingerprint density at radius 2 is 1.89 bits per heavy atom. The molecule has 5 nitrogen and oxygen atoms in total. The second-order valence-corrected chi connectivity index (χ2v) is 8.48. The number of hydrogen-bond donors (Lipinski definition) is 1. The Hall–Kier alpha value is -2.47. The van der Waals surface area contributed by atoms with E-state index in [0.29, 0.717) is 30.9 Å². The fraction of sp³-hybridized carbons (Fsp3) is 0.455. The van der Waals surface area contributed by atoms with E-state index in [1.54, 1.807) is 24.4 Å². The van der Waals surface area contributed by atoms with Gasteiger partial charge in [0.25, 0.3) is 0 Å². The van der Waals surface area contributed by atoms with Gasteiger partial charge >= 0.3 is 6.09 Å². The van der Waals surface area contributed by atoms with Crippen LogP contribution in [0.3, 0.4) is 0 Å². The van der Waals surface area contributed by atoms with Crippen LogP contribution in [0.1, 0.15) is 45.7 Å². The molecule has 0 aliphatic rings. The second-order valence-electron chi connectivity index (χ2n) is 8.48. The molecule has 28 heavy (non-hydrogen) atoms. The topological polar surface area (TPSA) is 68.5 Å². The summed E-state index contributed by atoms with van der Waals surface area (Å²) in [6.45, 7) is 10.2. The Bertz CT molecular complexity index is 801. The highest BCUT2D eigenvalue weighted by atomic mass is 19.1. The first-order valence-corrected chi connectivity index (χ1v) is 9.44. The second kappa shape index (κ2) is 8.69. The van der Waals surface area contributed by atoms with Gasteiger partial charge in [-0.05, 0) is 63.1 Å². The smallest absolute Gasteiger partial charge is 0.416 e. The van der Waals surface area contributed by atoms with Crippen LogP contribution in [0, 0.1) is 5.82 Å². The van der Waals surface area contributed by atoms with Crippen LogP contribution >= 0.6 is 0 Å². The highest BCUT2D eigenvalue weighted by molar-refractivity contribution is 5.86. The first kappa shape index (κ1) is 21.8. The highest BCUT2D eigenvalue weighted by Crippen LogP contribution is 2.29. The Kier molecular flexibility index (Phi) is 6.77. The van der Waals surface area contributed by atoms with Crippen molar-refractivity contribution in [3.05, 3.63) is 59.5 Å². The van der Waals surface area contributed by atoms with Gasteiger partial charge in [0.05, 0.1) is 0 Å². The van der Waals surface area contributed by atoms with Crippen molar-refractivity contribution in [2.24, 2.45) is 5.73 Å². The molecule has 0 spiro atoms. The van der Waals surface area contributed by atoms with Gasteiger partial charge in [-0.3, -0.25) is 4.90 Å². The molecule has 0 aliphatic carbocycles. The van der Waals surface area contributed by atoms with Crippen molar-refractivity contribution in [2.75, 3.05) is 18.0 Å². The van der Waals surface area contributed by atoms with Crippen LogP contribution in [0.15, 0.2) is 42.6 Å². The zero-order chi connectivity index (χ0) is 20.9. The zero-order valence-corrected chi connectivity index (χ0v) is 17.3. The Morgan fingerprint density at radius 1 is 1.18 bits per heavy atom. The number of carbonyl (C=O) groups is 1. The number of anilines is 1. The van der Waals surface area contributed by atoms with Gasteiger partial charge in [-0.15, -0.1) is 0 Å². The minimum Gasteiger partial charge on any atom is -0.443 e. The van der Waals surface area contributed by atoms with Crippen LogP contribution < -0.4 is 10.6 Å². The van der Waals surface area contributed by atoms with Gasteiger partial charge < -0.3 is 10.5 Å². The van der Waals surface area contributed by atoms with Crippen molar-refractivity contribution in [1.29, 1.82) is 0 Å². The summed E-state index contributed by atoms with van der Waals surface area (Å²) in [6, 6.07) is 10.4. The first-order valence-electron chi connectivity index (χ1n) is 9.44. The predicted molar refractivity (Wildman–Crippen MR) is 110 cm³/mol. The van der Waals surface area contributed by atoms with Crippen molar-refractivity contribution in [3.8, 4) is 0 Å². The van der Waals surface area contributed by atoms with Crippen molar-refractivity contribution >= 4 is 11.9 Å². The van der Waals surface area contributed by atoms with E-state index >= 15 is 0 Å². The number of nitrogens with two attached hydrogens (primary N) is 1. The maximum atomic E-state index is 14.0. The van der Waals surface area contributed by atoms with Crippen LogP contribution in [0.5, 0.6) is 0 Å². The number of pyridine rings is 1. The zero-order valence-electron chi connectivity index (χ0n) is 17.3. The SMILES string of the molecule is CC(C)(C)OC(=O)N(CC(C)(C)c1ccc(F)c(CCN)c1)c1ccccn1. The van der Waals surface area contributed by atoms with Gasteiger partial charge in [-0.1, -0.05) is 32.0 Å². The fourth-order valence-corrected chi connectivity index (χ4v) is 2.90. The van der Waals surface area contributed by atoms with E-state index in [9.17, 15) is 9.18 Å². The van der Waals surface area contributed by atoms with Crippen molar-refractivity contribution in [1.82, 2.24) is 4.98 Å². The summed E-state index contributed by atoms with van der Waals surface area (Å²) in [4.78, 5) is 18.7. The van der Waals surface area contributed by atoms with E-state index < -0.39 is 17.1 Å². The molecule has 0 unspecified atom stereocenters. The fourth-order valence-electron chi connectivity index (χ4n) is 2.90. The third-order valence-electron chi connectivity index (χ3n) is 4.33. The number of rotatable bonds is 6. The van der Waals surface area contributed by atoms with Crippen LogP contribution in [0.25, 0.3) is 0 Å². The van der Waals surface area contributed by atoms with E-state index in [2.05, 4.69) is 4.98 Å². The lowest BCUT2D eigenvalue weighted by molar-refractivity contribution is 0.0572. The minimum absolute atomic E-state index is 0.265. The lowest BCUT2D eigenvalue weighted by Gasteiger charge is -2.34. The summed E-state index contributed by atoms with van der Waals surface area (Å²) >= 11 is 0. The number of aromatic nitrogens is 1. The van der Waals surface area contributed by atoms with Crippen LogP contribution in [0.4, 0.5) is 15.0 Å². The monoisotopic (exact) mass is 387 g/mol. The highest BCUT2D eigenvalue weighted by Gasteiger charge is 2.31. The molecule has 0 radical (unpaired) electrons. The average molecular weight is 387 g/mol.